The number of hydrogen-bond donors (Lipinski definition) is 3. The zero-order chi connectivity index (χ0) is 14.8. The Labute approximate surface area is 116 Å². The van der Waals surface area contributed by atoms with Crippen molar-refractivity contribution in [1.82, 2.24) is 15.5 Å². The van der Waals surface area contributed by atoms with Crippen LogP contribution in [0.15, 0.2) is 0 Å². The molecule has 0 aromatic heterocycles. The molecule has 0 radical (unpaired) electrons. The molecule has 0 aliphatic carbocycles. The smallest absolute Gasteiger partial charge is 0.322 e. The molecule has 8 heteroatoms. The van der Waals surface area contributed by atoms with E-state index in [0.717, 1.165) is 0 Å². The van der Waals surface area contributed by atoms with E-state index in [-0.39, 0.29) is 6.42 Å². The molecule has 3 N–H and O–H groups in total. The van der Waals surface area contributed by atoms with Crippen molar-refractivity contribution in [2.24, 2.45) is 5.92 Å². The summed E-state index contributed by atoms with van der Waals surface area (Å²) in [6, 6.07) is -0.569. The first kappa shape index (κ1) is 14.7. The zero-order valence-electron chi connectivity index (χ0n) is 11.3. The predicted molar refractivity (Wildman–Crippen MR) is 68.1 cm³/mol. The topological polar surface area (TPSA) is 108 Å². The van der Waals surface area contributed by atoms with Crippen LogP contribution in [0.3, 0.4) is 0 Å². The van der Waals surface area contributed by atoms with Gasteiger partial charge in [0.25, 0.3) is 5.91 Å². The SMILES string of the molecule is CC(CC1(CN2CCOCC2)NC(=O)NC1=O)C(=O)O. The lowest BCUT2D eigenvalue weighted by Crippen LogP contribution is -2.58. The van der Waals surface area contributed by atoms with Gasteiger partial charge in [-0.05, 0) is 6.42 Å². The molecule has 2 aliphatic rings. The molecule has 2 atom stereocenters. The van der Waals surface area contributed by atoms with Crippen molar-refractivity contribution in [2.75, 3.05) is 32.8 Å². The number of amides is 3. The molecule has 112 valence electrons. The maximum Gasteiger partial charge on any atom is 0.322 e. The van der Waals surface area contributed by atoms with Gasteiger partial charge in [0.05, 0.1) is 19.1 Å². The van der Waals surface area contributed by atoms with Crippen molar-refractivity contribution >= 4 is 17.9 Å². The summed E-state index contributed by atoms with van der Waals surface area (Å²) < 4.78 is 5.24. The normalized spacial score (nSPS) is 28.9. The average Bonchev–Trinajstić information content (AvgIpc) is 2.65. The summed E-state index contributed by atoms with van der Waals surface area (Å²) >= 11 is 0. The monoisotopic (exact) mass is 285 g/mol. The van der Waals surface area contributed by atoms with E-state index in [9.17, 15) is 14.4 Å². The van der Waals surface area contributed by atoms with Crippen LogP contribution >= 0.6 is 0 Å². The van der Waals surface area contributed by atoms with Crippen molar-refractivity contribution in [1.29, 1.82) is 0 Å². The Morgan fingerprint density at radius 1 is 1.45 bits per heavy atom. The molecular formula is C12H19N3O5. The fourth-order valence-electron chi connectivity index (χ4n) is 2.60. The van der Waals surface area contributed by atoms with Crippen LogP contribution in [0.25, 0.3) is 0 Å². The highest BCUT2D eigenvalue weighted by Crippen LogP contribution is 2.23. The summed E-state index contributed by atoms with van der Waals surface area (Å²) in [4.78, 5) is 36.6. The van der Waals surface area contributed by atoms with Gasteiger partial charge in [0.15, 0.2) is 0 Å². The van der Waals surface area contributed by atoms with Crippen LogP contribution in [0.4, 0.5) is 4.79 Å². The second-order valence-electron chi connectivity index (χ2n) is 5.32. The summed E-state index contributed by atoms with van der Waals surface area (Å²) in [6.07, 6.45) is 0.0667. The van der Waals surface area contributed by atoms with Gasteiger partial charge in [0.2, 0.25) is 0 Å². The lowest BCUT2D eigenvalue weighted by Gasteiger charge is -2.35. The second kappa shape index (κ2) is 5.76. The van der Waals surface area contributed by atoms with Crippen LogP contribution in [0, 0.1) is 5.92 Å². The molecule has 0 saturated carbocycles. The molecule has 20 heavy (non-hydrogen) atoms. The van der Waals surface area contributed by atoms with Gasteiger partial charge in [-0.1, -0.05) is 6.92 Å². The molecule has 2 rings (SSSR count). The number of urea groups is 1. The van der Waals surface area contributed by atoms with Crippen molar-refractivity contribution < 1.29 is 24.2 Å². The maximum atomic E-state index is 12.1. The van der Waals surface area contributed by atoms with Crippen LogP contribution in [-0.2, 0) is 14.3 Å². The van der Waals surface area contributed by atoms with E-state index in [4.69, 9.17) is 9.84 Å². The number of carboxylic acid groups (broad SMARTS) is 1. The number of hydrogen-bond acceptors (Lipinski definition) is 5. The third kappa shape index (κ3) is 3.07. The third-order valence-electron chi connectivity index (χ3n) is 3.69. The molecule has 2 saturated heterocycles. The minimum Gasteiger partial charge on any atom is -0.481 e. The van der Waals surface area contributed by atoms with Gasteiger partial charge >= 0.3 is 12.0 Å². The van der Waals surface area contributed by atoms with Crippen molar-refractivity contribution in [3.05, 3.63) is 0 Å². The lowest BCUT2D eigenvalue weighted by atomic mass is 9.87. The standard InChI is InChI=1S/C12H19N3O5/c1-8(9(16)17)6-12(10(18)13-11(19)14-12)7-15-2-4-20-5-3-15/h8H,2-7H2,1H3,(H,16,17)(H2,13,14,18,19). The van der Waals surface area contributed by atoms with Crippen LogP contribution in [0.5, 0.6) is 0 Å². The van der Waals surface area contributed by atoms with E-state index in [2.05, 4.69) is 10.6 Å². The number of imide groups is 1. The fraction of sp³-hybridized carbons (Fsp3) is 0.750. The predicted octanol–water partition coefficient (Wildman–Crippen LogP) is -0.992. The van der Waals surface area contributed by atoms with Crippen molar-refractivity contribution in [2.45, 2.75) is 18.9 Å². The molecule has 2 heterocycles. The van der Waals surface area contributed by atoms with Crippen LogP contribution in [-0.4, -0.2) is 66.3 Å². The largest absolute Gasteiger partial charge is 0.481 e. The Balaban J connectivity index is 2.13. The zero-order valence-corrected chi connectivity index (χ0v) is 11.3. The summed E-state index contributed by atoms with van der Waals surface area (Å²) in [7, 11) is 0. The first-order valence-corrected chi connectivity index (χ1v) is 6.59. The summed E-state index contributed by atoms with van der Waals surface area (Å²) in [5, 5.41) is 13.8. The number of carbonyl (C=O) groups is 3. The van der Waals surface area contributed by atoms with Crippen LogP contribution in [0.2, 0.25) is 0 Å². The molecular weight excluding hydrogens is 266 g/mol. The quantitative estimate of drug-likeness (QED) is 0.560. The molecule has 2 aliphatic heterocycles. The summed E-state index contributed by atoms with van der Waals surface area (Å²) in [5.41, 5.74) is -1.17. The Morgan fingerprint density at radius 2 is 2.10 bits per heavy atom. The molecule has 2 unspecified atom stereocenters. The molecule has 8 nitrogen and oxygen atoms in total. The van der Waals surface area contributed by atoms with E-state index in [0.29, 0.717) is 32.8 Å². The minimum absolute atomic E-state index is 0.0667. The van der Waals surface area contributed by atoms with Gasteiger partial charge in [-0.15, -0.1) is 0 Å². The van der Waals surface area contributed by atoms with Gasteiger partial charge < -0.3 is 15.2 Å². The first-order valence-electron chi connectivity index (χ1n) is 6.59. The molecule has 0 bridgehead atoms. The third-order valence-corrected chi connectivity index (χ3v) is 3.69. The fourth-order valence-corrected chi connectivity index (χ4v) is 2.60. The Hall–Kier alpha value is -1.67. The Morgan fingerprint density at radius 3 is 2.60 bits per heavy atom. The molecule has 0 aromatic carbocycles. The van der Waals surface area contributed by atoms with E-state index >= 15 is 0 Å². The van der Waals surface area contributed by atoms with Gasteiger partial charge in [-0.25, -0.2) is 4.79 Å². The van der Waals surface area contributed by atoms with E-state index in [1.165, 1.54) is 6.92 Å². The summed E-state index contributed by atoms with van der Waals surface area (Å²) in [6.45, 7) is 4.28. The highest BCUT2D eigenvalue weighted by Gasteiger charge is 2.48. The van der Waals surface area contributed by atoms with Gasteiger partial charge in [-0.3, -0.25) is 19.8 Å². The highest BCUT2D eigenvalue weighted by atomic mass is 16.5. The van der Waals surface area contributed by atoms with Crippen molar-refractivity contribution in [3.63, 3.8) is 0 Å². The Bertz CT molecular complexity index is 421. The van der Waals surface area contributed by atoms with Gasteiger partial charge in [0.1, 0.15) is 5.54 Å². The number of rotatable bonds is 5. The van der Waals surface area contributed by atoms with Crippen LogP contribution < -0.4 is 10.6 Å². The minimum atomic E-state index is -1.17. The second-order valence-corrected chi connectivity index (χ2v) is 5.32. The molecule has 2 fully saturated rings. The molecule has 0 spiro atoms. The number of morpholine rings is 1. The lowest BCUT2D eigenvalue weighted by molar-refractivity contribution is -0.142. The van der Waals surface area contributed by atoms with Gasteiger partial charge in [-0.2, -0.15) is 0 Å². The first-order chi connectivity index (χ1) is 9.43. The van der Waals surface area contributed by atoms with Crippen LogP contribution in [0.1, 0.15) is 13.3 Å². The number of carboxylic acids is 1. The van der Waals surface area contributed by atoms with Gasteiger partial charge in [0, 0.05) is 19.6 Å². The Kier molecular flexibility index (Phi) is 4.24. The van der Waals surface area contributed by atoms with E-state index in [1.54, 1.807) is 0 Å². The number of nitrogens with one attached hydrogen (secondary N) is 2. The number of ether oxygens (including phenoxy) is 1. The average molecular weight is 285 g/mol. The molecule has 3 amide bonds. The number of aliphatic carboxylic acids is 1. The summed E-state index contributed by atoms with van der Waals surface area (Å²) in [5.74, 6) is -2.16. The van der Waals surface area contributed by atoms with Crippen molar-refractivity contribution in [3.8, 4) is 0 Å². The maximum absolute atomic E-state index is 12.1. The molecule has 0 aromatic rings. The van der Waals surface area contributed by atoms with E-state index < -0.39 is 29.4 Å². The number of carbonyl (C=O) groups excluding carboxylic acids is 2. The highest BCUT2D eigenvalue weighted by molar-refractivity contribution is 6.07. The van der Waals surface area contributed by atoms with E-state index in [1.807, 2.05) is 4.90 Å². The number of nitrogens with zero attached hydrogens (tertiary/aromatic N) is 1.